The van der Waals surface area contributed by atoms with E-state index in [2.05, 4.69) is 4.90 Å². The Bertz CT molecular complexity index is 1520. The van der Waals surface area contributed by atoms with Crippen molar-refractivity contribution in [2.75, 3.05) is 45.3 Å². The van der Waals surface area contributed by atoms with Gasteiger partial charge in [-0.2, -0.15) is 4.31 Å². The number of methoxy groups -OCH3 is 2. The molecule has 186 valence electrons. The molecule has 9 heteroatoms. The fraction of sp³-hybridized carbons (Fsp3) is 0.222. The minimum Gasteiger partial charge on any atom is -0.497 e. The second-order valence-electron chi connectivity index (χ2n) is 8.46. The van der Waals surface area contributed by atoms with Gasteiger partial charge >= 0.3 is 0 Å². The number of sulfonamides is 1. The molecule has 1 aliphatic heterocycles. The lowest BCUT2D eigenvalue weighted by Gasteiger charge is -2.34. The van der Waals surface area contributed by atoms with Gasteiger partial charge < -0.3 is 14.4 Å². The molecular formula is C27H26FN3O4S. The number of halogens is 1. The number of piperazine rings is 1. The number of hydrogen-bond donors (Lipinski definition) is 0. The molecule has 0 amide bonds. The van der Waals surface area contributed by atoms with E-state index in [0.717, 1.165) is 33.9 Å². The lowest BCUT2D eigenvalue weighted by atomic mass is 10.0. The third kappa shape index (κ3) is 4.47. The van der Waals surface area contributed by atoms with E-state index in [0.29, 0.717) is 24.6 Å². The highest BCUT2D eigenvalue weighted by Gasteiger charge is 2.29. The summed E-state index contributed by atoms with van der Waals surface area (Å²) in [6, 6.07) is 20.8. The average molecular weight is 508 g/mol. The lowest BCUT2D eigenvalue weighted by Crippen LogP contribution is -2.48. The highest BCUT2D eigenvalue weighted by Crippen LogP contribution is 2.37. The summed E-state index contributed by atoms with van der Waals surface area (Å²) in [5.74, 6) is 1.59. The third-order valence-electron chi connectivity index (χ3n) is 6.40. The first-order valence-electron chi connectivity index (χ1n) is 11.5. The maximum atomic E-state index is 13.6. The molecule has 0 saturated carbocycles. The van der Waals surface area contributed by atoms with Gasteiger partial charge in [0.1, 0.15) is 23.1 Å². The molecular weight excluding hydrogens is 481 g/mol. The van der Waals surface area contributed by atoms with Gasteiger partial charge in [0.15, 0.2) is 0 Å². The number of nitrogens with zero attached hydrogens (tertiary/aromatic N) is 3. The minimum absolute atomic E-state index is 0.0298. The van der Waals surface area contributed by atoms with Gasteiger partial charge in [-0.1, -0.05) is 24.3 Å². The summed E-state index contributed by atoms with van der Waals surface area (Å²) in [7, 11) is -0.520. The maximum Gasteiger partial charge on any atom is 0.243 e. The Morgan fingerprint density at radius 3 is 2.33 bits per heavy atom. The smallest absolute Gasteiger partial charge is 0.243 e. The molecule has 0 unspecified atom stereocenters. The molecule has 36 heavy (non-hydrogen) atoms. The fourth-order valence-electron chi connectivity index (χ4n) is 4.49. The van der Waals surface area contributed by atoms with Crippen LogP contribution in [0.4, 0.5) is 10.2 Å². The normalized spacial score (nSPS) is 14.7. The second kappa shape index (κ2) is 9.75. The molecule has 1 aromatic heterocycles. The predicted octanol–water partition coefficient (Wildman–Crippen LogP) is 4.57. The van der Waals surface area contributed by atoms with E-state index < -0.39 is 15.8 Å². The van der Waals surface area contributed by atoms with Crippen molar-refractivity contribution in [1.82, 2.24) is 9.29 Å². The number of fused-ring (bicyclic) bond motifs is 1. The molecule has 1 fully saturated rings. The van der Waals surface area contributed by atoms with Crippen LogP contribution in [0.5, 0.6) is 11.5 Å². The van der Waals surface area contributed by atoms with Crippen molar-refractivity contribution in [3.05, 3.63) is 78.6 Å². The van der Waals surface area contributed by atoms with Crippen LogP contribution < -0.4 is 14.4 Å². The monoisotopic (exact) mass is 507 g/mol. The molecule has 0 atom stereocenters. The average Bonchev–Trinajstić information content (AvgIpc) is 2.92. The van der Waals surface area contributed by atoms with Crippen LogP contribution in [-0.2, 0) is 10.0 Å². The summed E-state index contributed by atoms with van der Waals surface area (Å²) >= 11 is 0. The van der Waals surface area contributed by atoms with Crippen LogP contribution in [0.25, 0.3) is 22.0 Å². The number of para-hydroxylation sites is 1. The van der Waals surface area contributed by atoms with E-state index in [-0.39, 0.29) is 18.0 Å². The van der Waals surface area contributed by atoms with Gasteiger partial charge in [-0.15, -0.1) is 0 Å². The summed E-state index contributed by atoms with van der Waals surface area (Å²) in [6.07, 6.45) is 0. The Morgan fingerprint density at radius 2 is 1.61 bits per heavy atom. The summed E-state index contributed by atoms with van der Waals surface area (Å²) in [5, 5.41) is 0.987. The van der Waals surface area contributed by atoms with Gasteiger partial charge in [0, 0.05) is 48.8 Å². The Labute approximate surface area is 209 Å². The van der Waals surface area contributed by atoms with Gasteiger partial charge in [0.2, 0.25) is 10.0 Å². The highest BCUT2D eigenvalue weighted by atomic mass is 32.2. The van der Waals surface area contributed by atoms with Crippen molar-refractivity contribution in [2.45, 2.75) is 4.90 Å². The molecule has 4 aromatic rings. The van der Waals surface area contributed by atoms with Gasteiger partial charge in [0.25, 0.3) is 0 Å². The Morgan fingerprint density at radius 1 is 0.833 bits per heavy atom. The minimum atomic E-state index is -3.76. The van der Waals surface area contributed by atoms with Crippen molar-refractivity contribution < 1.29 is 22.3 Å². The van der Waals surface area contributed by atoms with Gasteiger partial charge in [-0.05, 0) is 42.5 Å². The quantitative estimate of drug-likeness (QED) is 0.381. The largest absolute Gasteiger partial charge is 0.497 e. The van der Waals surface area contributed by atoms with E-state index in [1.54, 1.807) is 14.2 Å². The Hall–Kier alpha value is -3.69. The van der Waals surface area contributed by atoms with Gasteiger partial charge in [0.05, 0.1) is 24.6 Å². The first-order valence-corrected chi connectivity index (χ1v) is 13.0. The topological polar surface area (TPSA) is 72.0 Å². The molecule has 5 rings (SSSR count). The number of hydrogen-bond acceptors (Lipinski definition) is 6. The maximum absolute atomic E-state index is 13.6. The third-order valence-corrected chi connectivity index (χ3v) is 8.30. The molecule has 0 aliphatic carbocycles. The van der Waals surface area contributed by atoms with Crippen LogP contribution in [0, 0.1) is 5.82 Å². The number of benzene rings is 3. The van der Waals surface area contributed by atoms with Crippen LogP contribution in [0.1, 0.15) is 0 Å². The van der Waals surface area contributed by atoms with Crippen molar-refractivity contribution >= 4 is 26.7 Å². The van der Waals surface area contributed by atoms with E-state index in [1.807, 2.05) is 48.5 Å². The molecule has 0 spiro atoms. The lowest BCUT2D eigenvalue weighted by molar-refractivity contribution is 0.383. The zero-order valence-corrected chi connectivity index (χ0v) is 20.8. The fourth-order valence-corrected chi connectivity index (χ4v) is 5.94. The van der Waals surface area contributed by atoms with Crippen molar-refractivity contribution in [2.24, 2.45) is 0 Å². The van der Waals surface area contributed by atoms with Crippen LogP contribution >= 0.6 is 0 Å². The first kappa shape index (κ1) is 24.0. The highest BCUT2D eigenvalue weighted by molar-refractivity contribution is 7.89. The summed E-state index contributed by atoms with van der Waals surface area (Å²) in [4.78, 5) is 7.01. The van der Waals surface area contributed by atoms with Crippen molar-refractivity contribution in [3.63, 3.8) is 0 Å². The van der Waals surface area contributed by atoms with Crippen LogP contribution in [0.2, 0.25) is 0 Å². The number of anilines is 1. The number of ether oxygens (including phenoxy) is 2. The van der Waals surface area contributed by atoms with E-state index >= 15 is 0 Å². The van der Waals surface area contributed by atoms with Crippen LogP contribution in [-0.4, -0.2) is 58.1 Å². The molecule has 1 aliphatic rings. The molecule has 2 heterocycles. The summed E-state index contributed by atoms with van der Waals surface area (Å²) in [6.45, 7) is 1.52. The molecule has 3 aromatic carbocycles. The molecule has 7 nitrogen and oxygen atoms in total. The van der Waals surface area contributed by atoms with Crippen molar-refractivity contribution in [1.29, 1.82) is 0 Å². The standard InChI is InChI=1S/C27H26FN3O4S/c1-34-21-10-11-23(25(18-21)35-2)24-8-3-5-19-9-12-26(29-27(19)24)30-13-15-31(16-14-30)36(32,33)22-7-4-6-20(28)17-22/h3-12,17-18H,13-16H2,1-2H3. The SMILES string of the molecule is COc1ccc(-c2cccc3ccc(N4CCN(S(=O)(=O)c5cccc(F)c5)CC4)nc23)c(OC)c1. The number of aromatic nitrogens is 1. The number of rotatable bonds is 6. The predicted molar refractivity (Wildman–Crippen MR) is 138 cm³/mol. The molecule has 0 radical (unpaired) electrons. The van der Waals surface area contributed by atoms with Gasteiger partial charge in [-0.3, -0.25) is 0 Å². The number of pyridine rings is 1. The first-order chi connectivity index (χ1) is 17.4. The Kier molecular flexibility index (Phi) is 6.51. The second-order valence-corrected chi connectivity index (χ2v) is 10.4. The van der Waals surface area contributed by atoms with E-state index in [9.17, 15) is 12.8 Å². The molecule has 1 saturated heterocycles. The molecule has 0 bridgehead atoms. The summed E-state index contributed by atoms with van der Waals surface area (Å²) < 4.78 is 51.9. The summed E-state index contributed by atoms with van der Waals surface area (Å²) in [5.41, 5.74) is 2.66. The zero-order valence-electron chi connectivity index (χ0n) is 20.0. The zero-order chi connectivity index (χ0) is 25.3. The van der Waals surface area contributed by atoms with Crippen LogP contribution in [0.3, 0.4) is 0 Å². The van der Waals surface area contributed by atoms with E-state index in [1.165, 1.54) is 22.5 Å². The van der Waals surface area contributed by atoms with Gasteiger partial charge in [-0.25, -0.2) is 17.8 Å². The van der Waals surface area contributed by atoms with E-state index in [4.69, 9.17) is 14.5 Å². The molecule has 0 N–H and O–H groups in total. The van der Waals surface area contributed by atoms with Crippen molar-refractivity contribution in [3.8, 4) is 22.6 Å². The van der Waals surface area contributed by atoms with Crippen LogP contribution in [0.15, 0.2) is 77.7 Å². The Balaban J connectivity index is 1.43.